The third kappa shape index (κ3) is 7.83. The third-order valence-electron chi connectivity index (χ3n) is 3.27. The van der Waals surface area contributed by atoms with Crippen molar-refractivity contribution in [2.24, 2.45) is 0 Å². The summed E-state index contributed by atoms with van der Waals surface area (Å²) in [5.41, 5.74) is 0. The number of halogens is 1. The second-order valence-electron chi connectivity index (χ2n) is 5.34. The first kappa shape index (κ1) is 21.2. The maximum Gasteiger partial charge on any atom is 0.264 e. The fourth-order valence-electron chi connectivity index (χ4n) is 2.28. The molecule has 1 fully saturated rings. The molecule has 0 saturated carbocycles. The summed E-state index contributed by atoms with van der Waals surface area (Å²) < 4.78 is 50.5. The van der Waals surface area contributed by atoms with Crippen LogP contribution in [0, 0.1) is 11.3 Å². The van der Waals surface area contributed by atoms with Crippen LogP contribution in [0.5, 0.6) is 0 Å². The molecule has 0 aromatic rings. The average Bonchev–Trinajstić information content (AvgIpc) is 2.82. The van der Waals surface area contributed by atoms with Gasteiger partial charge in [-0.2, -0.15) is 13.7 Å². The number of sulfone groups is 1. The number of hydrogen-bond acceptors (Lipinski definition) is 8. The van der Waals surface area contributed by atoms with Crippen LogP contribution in [0.1, 0.15) is 12.8 Å². The SMILES string of the molecule is CS(=O)(=O)OCCCN1CCN(CCCBr)C1=CS(=O)(=O)CC#N. The molecule has 138 valence electrons. The highest BCUT2D eigenvalue weighted by molar-refractivity contribution is 9.09. The maximum atomic E-state index is 11.9. The lowest BCUT2D eigenvalue weighted by molar-refractivity contribution is 0.276. The van der Waals surface area contributed by atoms with Gasteiger partial charge in [-0.3, -0.25) is 4.18 Å². The molecule has 1 aliphatic heterocycles. The molecular weight excluding hydrogens is 422 g/mol. The predicted molar refractivity (Wildman–Crippen MR) is 94.5 cm³/mol. The summed E-state index contributed by atoms with van der Waals surface area (Å²) >= 11 is 3.35. The van der Waals surface area contributed by atoms with Crippen LogP contribution in [0.3, 0.4) is 0 Å². The standard InChI is InChI=1S/C13H22BrN3O5S2/c1-23(18,19)22-10-3-7-17-9-8-16(6-2-4-14)13(17)12-24(20,21)11-5-15/h12H,2-4,6-11H2,1H3. The van der Waals surface area contributed by atoms with Gasteiger partial charge in [0.1, 0.15) is 11.6 Å². The molecule has 1 rings (SSSR count). The first-order valence-corrected chi connectivity index (χ1v) is 12.1. The Kier molecular flexibility index (Phi) is 8.49. The summed E-state index contributed by atoms with van der Waals surface area (Å²) in [5.74, 6) is -0.000993. The summed E-state index contributed by atoms with van der Waals surface area (Å²) in [4.78, 5) is 3.85. The lowest BCUT2D eigenvalue weighted by Crippen LogP contribution is -2.27. The molecule has 0 atom stereocenters. The number of alkyl halides is 1. The molecule has 1 aliphatic rings. The number of hydrogen-bond donors (Lipinski definition) is 0. The van der Waals surface area contributed by atoms with E-state index in [0.29, 0.717) is 38.4 Å². The molecule has 24 heavy (non-hydrogen) atoms. The van der Waals surface area contributed by atoms with E-state index in [2.05, 4.69) is 15.9 Å². The molecular formula is C13H22BrN3O5S2. The average molecular weight is 444 g/mol. The highest BCUT2D eigenvalue weighted by Crippen LogP contribution is 2.21. The zero-order valence-electron chi connectivity index (χ0n) is 13.5. The Morgan fingerprint density at radius 2 is 1.79 bits per heavy atom. The van der Waals surface area contributed by atoms with Gasteiger partial charge in [-0.25, -0.2) is 8.42 Å². The van der Waals surface area contributed by atoms with E-state index in [4.69, 9.17) is 9.44 Å². The zero-order valence-corrected chi connectivity index (χ0v) is 16.7. The van der Waals surface area contributed by atoms with E-state index >= 15 is 0 Å². The van der Waals surface area contributed by atoms with Gasteiger partial charge < -0.3 is 9.80 Å². The third-order valence-corrected chi connectivity index (χ3v) is 5.53. The number of rotatable bonds is 10. The lowest BCUT2D eigenvalue weighted by Gasteiger charge is -2.24. The van der Waals surface area contributed by atoms with Crippen molar-refractivity contribution < 1.29 is 21.0 Å². The first-order valence-electron chi connectivity index (χ1n) is 7.40. The summed E-state index contributed by atoms with van der Waals surface area (Å²) in [6.45, 7) is 2.57. The van der Waals surface area contributed by atoms with E-state index in [1.165, 1.54) is 0 Å². The fourth-order valence-corrected chi connectivity index (χ4v) is 3.83. The molecule has 11 heteroatoms. The van der Waals surface area contributed by atoms with Crippen LogP contribution in [0.25, 0.3) is 0 Å². The smallest absolute Gasteiger partial charge is 0.264 e. The summed E-state index contributed by atoms with van der Waals surface area (Å²) in [7, 11) is -7.08. The van der Waals surface area contributed by atoms with Crippen molar-refractivity contribution in [1.29, 1.82) is 5.26 Å². The van der Waals surface area contributed by atoms with E-state index in [0.717, 1.165) is 23.4 Å². The van der Waals surface area contributed by atoms with Crippen molar-refractivity contribution in [1.82, 2.24) is 9.80 Å². The fraction of sp³-hybridized carbons (Fsp3) is 0.769. The monoisotopic (exact) mass is 443 g/mol. The second kappa shape index (κ2) is 9.60. The molecule has 0 aliphatic carbocycles. The van der Waals surface area contributed by atoms with Gasteiger partial charge in [-0.05, 0) is 12.8 Å². The Morgan fingerprint density at radius 1 is 1.21 bits per heavy atom. The second-order valence-corrected chi connectivity index (χ2v) is 9.62. The van der Waals surface area contributed by atoms with Gasteiger partial charge in [-0.1, -0.05) is 15.9 Å². The number of nitrogens with zero attached hydrogens (tertiary/aromatic N) is 3. The Bertz CT molecular complexity index is 685. The van der Waals surface area contributed by atoms with Crippen LogP contribution in [-0.2, 0) is 24.1 Å². The van der Waals surface area contributed by atoms with Gasteiger partial charge in [0.15, 0.2) is 9.84 Å². The van der Waals surface area contributed by atoms with Gasteiger partial charge in [0.2, 0.25) is 0 Å². The molecule has 0 N–H and O–H groups in total. The van der Waals surface area contributed by atoms with Crippen LogP contribution < -0.4 is 0 Å². The summed E-state index contributed by atoms with van der Waals surface area (Å²) in [6, 6.07) is 1.66. The Labute approximate surface area is 152 Å². The normalized spacial score (nSPS) is 17.5. The van der Waals surface area contributed by atoms with Crippen LogP contribution >= 0.6 is 15.9 Å². The molecule has 0 radical (unpaired) electrons. The quantitative estimate of drug-likeness (QED) is 0.272. The molecule has 0 unspecified atom stereocenters. The summed E-state index contributed by atoms with van der Waals surface area (Å²) in [6.07, 6.45) is 2.31. The highest BCUT2D eigenvalue weighted by Gasteiger charge is 2.26. The first-order chi connectivity index (χ1) is 11.2. The molecule has 0 aromatic heterocycles. The molecule has 0 aromatic carbocycles. The van der Waals surface area contributed by atoms with Crippen LogP contribution in [0.15, 0.2) is 11.2 Å². The minimum absolute atomic E-state index is 0.0506. The lowest BCUT2D eigenvalue weighted by atomic mass is 10.4. The van der Waals surface area contributed by atoms with Crippen LogP contribution in [0.4, 0.5) is 0 Å². The molecule has 1 saturated heterocycles. The van der Waals surface area contributed by atoms with Gasteiger partial charge >= 0.3 is 0 Å². The van der Waals surface area contributed by atoms with Crippen LogP contribution in [-0.4, -0.2) is 76.8 Å². The van der Waals surface area contributed by atoms with Gasteiger partial charge in [0.05, 0.1) is 24.3 Å². The predicted octanol–water partition coefficient (Wildman–Crippen LogP) is 0.493. The van der Waals surface area contributed by atoms with Crippen molar-refractivity contribution in [2.45, 2.75) is 12.8 Å². The van der Waals surface area contributed by atoms with Gasteiger partial charge in [0, 0.05) is 31.5 Å². The van der Waals surface area contributed by atoms with Crippen LogP contribution in [0.2, 0.25) is 0 Å². The highest BCUT2D eigenvalue weighted by atomic mass is 79.9. The van der Waals surface area contributed by atoms with Crippen molar-refractivity contribution in [3.8, 4) is 6.07 Å². The Morgan fingerprint density at radius 3 is 2.29 bits per heavy atom. The van der Waals surface area contributed by atoms with E-state index in [1.807, 2.05) is 9.80 Å². The van der Waals surface area contributed by atoms with Crippen molar-refractivity contribution in [3.63, 3.8) is 0 Å². The van der Waals surface area contributed by atoms with Crippen molar-refractivity contribution in [2.75, 3.05) is 50.1 Å². The van der Waals surface area contributed by atoms with E-state index in [-0.39, 0.29) is 6.61 Å². The zero-order chi connectivity index (χ0) is 18.2. The van der Waals surface area contributed by atoms with Gasteiger partial charge in [0.25, 0.3) is 10.1 Å². The van der Waals surface area contributed by atoms with Crippen molar-refractivity contribution >= 4 is 35.9 Å². The minimum atomic E-state index is -3.61. The minimum Gasteiger partial charge on any atom is -0.356 e. The van der Waals surface area contributed by atoms with Crippen molar-refractivity contribution in [3.05, 3.63) is 11.2 Å². The Hall–Kier alpha value is -0.830. The molecule has 0 amide bonds. The van der Waals surface area contributed by atoms with E-state index in [9.17, 15) is 16.8 Å². The summed E-state index contributed by atoms with van der Waals surface area (Å²) in [5, 5.41) is 10.6. The molecule has 1 heterocycles. The largest absolute Gasteiger partial charge is 0.356 e. The molecule has 0 spiro atoms. The van der Waals surface area contributed by atoms with Gasteiger partial charge in [-0.15, -0.1) is 0 Å². The maximum absolute atomic E-state index is 11.9. The van der Waals surface area contributed by atoms with E-state index in [1.54, 1.807) is 6.07 Å². The molecule has 8 nitrogen and oxygen atoms in total. The topological polar surface area (TPSA) is 108 Å². The Balaban J connectivity index is 2.78. The molecule has 0 bridgehead atoms. The number of nitriles is 1. The van der Waals surface area contributed by atoms with E-state index < -0.39 is 25.7 Å².